The number of amides is 2. The number of carbonyl (C=O) groups is 2. The van der Waals surface area contributed by atoms with Gasteiger partial charge in [-0.3, -0.25) is 9.59 Å². The van der Waals surface area contributed by atoms with Gasteiger partial charge in [0.1, 0.15) is 25.6 Å². The van der Waals surface area contributed by atoms with Crippen molar-refractivity contribution < 1.29 is 23.8 Å². The van der Waals surface area contributed by atoms with Crippen molar-refractivity contribution in [3.05, 3.63) is 88.4 Å². The van der Waals surface area contributed by atoms with Crippen LogP contribution in [0, 0.1) is 0 Å². The standard InChI is InChI=1S/C25H22ClN3O5/c26-21-4-2-1-3-19(21)16-34-20-8-5-17(6-9-20)14-28-29-24(30)15-27-25(31)18-7-10-22-23(13-18)33-12-11-32-22/h1-10,13-14H,11-12,15-16H2,(H,27,31)(H,29,30)/b28-14-. The molecule has 2 N–H and O–H groups in total. The largest absolute Gasteiger partial charge is 0.489 e. The van der Waals surface area contributed by atoms with Gasteiger partial charge in [-0.05, 0) is 54.1 Å². The quantitative estimate of drug-likeness (QED) is 0.380. The van der Waals surface area contributed by atoms with Gasteiger partial charge in [-0.1, -0.05) is 29.8 Å². The monoisotopic (exact) mass is 479 g/mol. The minimum atomic E-state index is -0.457. The first-order valence-electron chi connectivity index (χ1n) is 10.5. The Morgan fingerprint density at radius 3 is 2.56 bits per heavy atom. The molecule has 0 saturated heterocycles. The van der Waals surface area contributed by atoms with E-state index in [9.17, 15) is 9.59 Å². The van der Waals surface area contributed by atoms with Crippen LogP contribution in [-0.4, -0.2) is 37.8 Å². The SMILES string of the molecule is O=C(CNC(=O)c1ccc2c(c1)OCCO2)N/N=C\c1ccc(OCc2ccccc2Cl)cc1. The van der Waals surface area contributed by atoms with Gasteiger partial charge in [0, 0.05) is 16.1 Å². The predicted molar refractivity (Wildman–Crippen MR) is 128 cm³/mol. The molecule has 1 aliphatic heterocycles. The van der Waals surface area contributed by atoms with Crippen molar-refractivity contribution in [1.82, 2.24) is 10.7 Å². The van der Waals surface area contributed by atoms with E-state index >= 15 is 0 Å². The van der Waals surface area contributed by atoms with Crippen LogP contribution in [0.25, 0.3) is 0 Å². The van der Waals surface area contributed by atoms with Crippen molar-refractivity contribution in [2.75, 3.05) is 19.8 Å². The average Bonchev–Trinajstić information content (AvgIpc) is 2.87. The first-order chi connectivity index (χ1) is 16.6. The van der Waals surface area contributed by atoms with Crippen LogP contribution in [-0.2, 0) is 11.4 Å². The second-order valence-corrected chi connectivity index (χ2v) is 7.69. The Labute approximate surface area is 201 Å². The van der Waals surface area contributed by atoms with Crippen LogP contribution in [0.1, 0.15) is 21.5 Å². The number of ether oxygens (including phenoxy) is 3. The lowest BCUT2D eigenvalue weighted by molar-refractivity contribution is -0.120. The van der Waals surface area contributed by atoms with Crippen LogP contribution < -0.4 is 25.0 Å². The van der Waals surface area contributed by atoms with Gasteiger partial charge in [-0.2, -0.15) is 5.10 Å². The Morgan fingerprint density at radius 2 is 1.76 bits per heavy atom. The maximum Gasteiger partial charge on any atom is 0.259 e. The van der Waals surface area contributed by atoms with E-state index in [0.717, 1.165) is 11.1 Å². The highest BCUT2D eigenvalue weighted by Crippen LogP contribution is 2.30. The fourth-order valence-electron chi connectivity index (χ4n) is 3.09. The highest BCUT2D eigenvalue weighted by molar-refractivity contribution is 6.31. The topological polar surface area (TPSA) is 98.3 Å². The number of benzene rings is 3. The van der Waals surface area contributed by atoms with E-state index in [4.69, 9.17) is 25.8 Å². The molecule has 0 atom stereocenters. The summed E-state index contributed by atoms with van der Waals surface area (Å²) in [5, 5.41) is 7.12. The molecule has 3 aromatic rings. The lowest BCUT2D eigenvalue weighted by Gasteiger charge is -2.18. The van der Waals surface area contributed by atoms with E-state index in [2.05, 4.69) is 15.8 Å². The zero-order valence-electron chi connectivity index (χ0n) is 18.1. The fourth-order valence-corrected chi connectivity index (χ4v) is 3.28. The maximum absolute atomic E-state index is 12.3. The molecule has 2 amide bonds. The summed E-state index contributed by atoms with van der Waals surface area (Å²) in [5.74, 6) is 0.927. The number of carbonyl (C=O) groups excluding carboxylic acids is 2. The Hall–Kier alpha value is -4.04. The van der Waals surface area contributed by atoms with Crippen LogP contribution in [0.3, 0.4) is 0 Å². The molecule has 3 aromatic carbocycles. The highest BCUT2D eigenvalue weighted by atomic mass is 35.5. The third kappa shape index (κ3) is 6.26. The van der Waals surface area contributed by atoms with Crippen molar-refractivity contribution in [2.45, 2.75) is 6.61 Å². The number of rotatable bonds is 8. The summed E-state index contributed by atoms with van der Waals surface area (Å²) < 4.78 is 16.6. The first-order valence-corrected chi connectivity index (χ1v) is 10.9. The third-order valence-corrected chi connectivity index (χ3v) is 5.22. The normalized spacial score (nSPS) is 12.3. The van der Waals surface area contributed by atoms with Crippen LogP contribution >= 0.6 is 11.6 Å². The van der Waals surface area contributed by atoms with Gasteiger partial charge < -0.3 is 19.5 Å². The van der Waals surface area contributed by atoms with Gasteiger partial charge >= 0.3 is 0 Å². The molecule has 1 aliphatic rings. The number of halogens is 1. The minimum Gasteiger partial charge on any atom is -0.489 e. The van der Waals surface area contributed by atoms with E-state index in [1.807, 2.05) is 24.3 Å². The molecule has 34 heavy (non-hydrogen) atoms. The predicted octanol–water partition coefficient (Wildman–Crippen LogP) is 3.57. The summed E-state index contributed by atoms with van der Waals surface area (Å²) in [6.07, 6.45) is 1.50. The molecule has 0 radical (unpaired) electrons. The molecular weight excluding hydrogens is 458 g/mol. The Balaban J connectivity index is 1.20. The van der Waals surface area contributed by atoms with Crippen LogP contribution in [0.2, 0.25) is 5.02 Å². The van der Waals surface area contributed by atoms with E-state index in [0.29, 0.717) is 47.7 Å². The van der Waals surface area contributed by atoms with Crippen molar-refractivity contribution >= 4 is 29.6 Å². The van der Waals surface area contributed by atoms with Gasteiger partial charge in [-0.15, -0.1) is 0 Å². The lowest BCUT2D eigenvalue weighted by atomic mass is 10.2. The summed E-state index contributed by atoms with van der Waals surface area (Å²) >= 11 is 6.13. The van der Waals surface area contributed by atoms with Crippen molar-refractivity contribution in [3.63, 3.8) is 0 Å². The highest BCUT2D eigenvalue weighted by Gasteiger charge is 2.15. The van der Waals surface area contributed by atoms with Gasteiger partial charge in [0.25, 0.3) is 11.8 Å². The summed E-state index contributed by atoms with van der Waals surface area (Å²) in [6, 6.07) is 19.6. The van der Waals surface area contributed by atoms with Gasteiger partial charge in [0.15, 0.2) is 11.5 Å². The van der Waals surface area contributed by atoms with Crippen molar-refractivity contribution in [2.24, 2.45) is 5.10 Å². The second kappa shape index (κ2) is 11.2. The van der Waals surface area contributed by atoms with E-state index in [1.54, 1.807) is 42.5 Å². The Kier molecular flexibility index (Phi) is 7.62. The number of nitrogens with zero attached hydrogens (tertiary/aromatic N) is 1. The summed E-state index contributed by atoms with van der Waals surface area (Å²) in [7, 11) is 0. The zero-order chi connectivity index (χ0) is 23.8. The van der Waals surface area contributed by atoms with Crippen LogP contribution in [0.15, 0.2) is 71.8 Å². The number of nitrogens with one attached hydrogen (secondary N) is 2. The molecule has 0 saturated carbocycles. The van der Waals surface area contributed by atoms with E-state index < -0.39 is 11.8 Å². The summed E-state index contributed by atoms with van der Waals surface area (Å²) in [6.45, 7) is 1.04. The van der Waals surface area contributed by atoms with E-state index in [-0.39, 0.29) is 6.54 Å². The number of hydrogen-bond acceptors (Lipinski definition) is 6. The average molecular weight is 480 g/mol. The van der Waals surface area contributed by atoms with Crippen LogP contribution in [0.5, 0.6) is 17.2 Å². The molecular formula is C25H22ClN3O5. The second-order valence-electron chi connectivity index (χ2n) is 7.28. The Morgan fingerprint density at radius 1 is 1.00 bits per heavy atom. The van der Waals surface area contributed by atoms with Crippen molar-refractivity contribution in [3.8, 4) is 17.2 Å². The molecule has 0 spiro atoms. The molecule has 0 aromatic heterocycles. The maximum atomic E-state index is 12.3. The fraction of sp³-hybridized carbons (Fsp3) is 0.160. The van der Waals surface area contributed by atoms with E-state index in [1.165, 1.54) is 6.21 Å². The number of hydrogen-bond donors (Lipinski definition) is 2. The smallest absolute Gasteiger partial charge is 0.259 e. The van der Waals surface area contributed by atoms with Crippen LogP contribution in [0.4, 0.5) is 0 Å². The molecule has 8 nitrogen and oxygen atoms in total. The molecule has 1 heterocycles. The molecule has 0 unspecified atom stereocenters. The first kappa shape index (κ1) is 23.1. The third-order valence-electron chi connectivity index (χ3n) is 4.85. The Bertz CT molecular complexity index is 1200. The molecule has 174 valence electrons. The number of fused-ring (bicyclic) bond motifs is 1. The lowest BCUT2D eigenvalue weighted by Crippen LogP contribution is -2.35. The summed E-state index contributed by atoms with van der Waals surface area (Å²) in [5.41, 5.74) is 4.42. The molecule has 0 fully saturated rings. The zero-order valence-corrected chi connectivity index (χ0v) is 18.9. The van der Waals surface area contributed by atoms with Gasteiger partial charge in [0.2, 0.25) is 0 Å². The molecule has 9 heteroatoms. The minimum absolute atomic E-state index is 0.223. The van der Waals surface area contributed by atoms with Gasteiger partial charge in [0.05, 0.1) is 12.8 Å². The molecule has 4 rings (SSSR count). The number of hydrazone groups is 1. The van der Waals surface area contributed by atoms with Crippen molar-refractivity contribution in [1.29, 1.82) is 0 Å². The summed E-state index contributed by atoms with van der Waals surface area (Å²) in [4.78, 5) is 24.3. The van der Waals surface area contributed by atoms with Gasteiger partial charge in [-0.25, -0.2) is 5.43 Å². The molecule has 0 aliphatic carbocycles. The molecule has 0 bridgehead atoms.